The molecule has 0 aliphatic carbocycles. The zero-order valence-electron chi connectivity index (χ0n) is 12.6. The number of benzene rings is 1. The predicted octanol–water partition coefficient (Wildman–Crippen LogP) is 3.06. The monoisotopic (exact) mass is 281 g/mol. The normalized spacial score (nSPS) is 12.2. The van der Waals surface area contributed by atoms with Gasteiger partial charge < -0.3 is 19.9 Å². The van der Waals surface area contributed by atoms with Crippen molar-refractivity contribution in [2.75, 3.05) is 32.2 Å². The van der Waals surface area contributed by atoms with Gasteiger partial charge in [0.2, 0.25) is 0 Å². The maximum atomic E-state index is 9.85. The molecule has 0 aromatic heterocycles. The highest BCUT2D eigenvalue weighted by molar-refractivity contribution is 5.56. The van der Waals surface area contributed by atoms with E-state index in [1.807, 2.05) is 24.3 Å². The predicted molar refractivity (Wildman–Crippen MR) is 82.5 cm³/mol. The van der Waals surface area contributed by atoms with Crippen molar-refractivity contribution in [2.24, 2.45) is 0 Å². The molecule has 1 aromatic rings. The molecule has 4 nitrogen and oxygen atoms in total. The Morgan fingerprint density at radius 1 is 1.20 bits per heavy atom. The number of unbranched alkanes of at least 4 members (excludes halogenated alkanes) is 3. The fourth-order valence-electron chi connectivity index (χ4n) is 1.93. The van der Waals surface area contributed by atoms with Crippen LogP contribution in [-0.2, 0) is 4.74 Å². The molecule has 1 aromatic carbocycles. The van der Waals surface area contributed by atoms with Crippen molar-refractivity contribution < 1.29 is 14.6 Å². The number of aliphatic hydroxyl groups is 1. The van der Waals surface area contributed by atoms with E-state index >= 15 is 0 Å². The molecule has 0 aliphatic rings. The Bertz CT molecular complexity index is 357. The van der Waals surface area contributed by atoms with Gasteiger partial charge in [-0.1, -0.05) is 38.3 Å². The summed E-state index contributed by atoms with van der Waals surface area (Å²) in [5.74, 6) is 0.778. The summed E-state index contributed by atoms with van der Waals surface area (Å²) in [5.41, 5.74) is 0.886. The molecule has 114 valence electrons. The fourth-order valence-corrected chi connectivity index (χ4v) is 1.93. The number of nitrogens with one attached hydrogen (secondary N) is 1. The van der Waals surface area contributed by atoms with Crippen LogP contribution in [-0.4, -0.2) is 38.1 Å². The van der Waals surface area contributed by atoms with Gasteiger partial charge in [-0.3, -0.25) is 0 Å². The molecule has 20 heavy (non-hydrogen) atoms. The highest BCUT2D eigenvalue weighted by Crippen LogP contribution is 2.22. The topological polar surface area (TPSA) is 50.7 Å². The molecule has 0 spiro atoms. The van der Waals surface area contributed by atoms with E-state index < -0.39 is 6.10 Å². The van der Waals surface area contributed by atoms with Crippen LogP contribution in [0.25, 0.3) is 0 Å². The third-order valence-corrected chi connectivity index (χ3v) is 3.09. The Kier molecular flexibility index (Phi) is 8.83. The Morgan fingerprint density at radius 2 is 2.00 bits per heavy atom. The van der Waals surface area contributed by atoms with Crippen LogP contribution in [0.1, 0.15) is 32.6 Å². The van der Waals surface area contributed by atoms with Crippen molar-refractivity contribution in [2.45, 2.75) is 38.7 Å². The number of hydrogen-bond donors (Lipinski definition) is 2. The molecule has 2 N–H and O–H groups in total. The number of para-hydroxylation sites is 2. The summed E-state index contributed by atoms with van der Waals surface area (Å²) in [4.78, 5) is 0. The Morgan fingerprint density at radius 3 is 2.75 bits per heavy atom. The summed E-state index contributed by atoms with van der Waals surface area (Å²) in [6, 6.07) is 7.66. The second kappa shape index (κ2) is 10.5. The first kappa shape index (κ1) is 16.8. The molecular weight excluding hydrogens is 254 g/mol. The van der Waals surface area contributed by atoms with Crippen LogP contribution in [0.15, 0.2) is 24.3 Å². The van der Waals surface area contributed by atoms with E-state index in [2.05, 4.69) is 12.2 Å². The number of hydrogen-bond acceptors (Lipinski definition) is 4. The van der Waals surface area contributed by atoms with Crippen molar-refractivity contribution in [3.05, 3.63) is 24.3 Å². The summed E-state index contributed by atoms with van der Waals surface area (Å²) in [7, 11) is 1.64. The Hall–Kier alpha value is -1.26. The molecular formula is C16H27NO3. The number of anilines is 1. The van der Waals surface area contributed by atoms with Gasteiger partial charge in [-0.15, -0.1) is 0 Å². The molecule has 1 atom stereocenters. The second-order valence-electron chi connectivity index (χ2n) is 4.87. The van der Waals surface area contributed by atoms with E-state index in [1.54, 1.807) is 7.11 Å². The molecule has 0 heterocycles. The molecule has 0 radical (unpaired) electrons. The van der Waals surface area contributed by atoms with Gasteiger partial charge in [-0.05, 0) is 18.6 Å². The molecule has 4 heteroatoms. The summed E-state index contributed by atoms with van der Waals surface area (Å²) < 4.78 is 10.7. The van der Waals surface area contributed by atoms with Crippen LogP contribution < -0.4 is 10.1 Å². The first-order chi connectivity index (χ1) is 9.77. The summed E-state index contributed by atoms with van der Waals surface area (Å²) in [5, 5.41) is 13.0. The van der Waals surface area contributed by atoms with Crippen LogP contribution in [0.4, 0.5) is 5.69 Å². The first-order valence-electron chi connectivity index (χ1n) is 7.40. The van der Waals surface area contributed by atoms with E-state index in [0.717, 1.165) is 24.5 Å². The SMILES string of the molecule is CCCCCCOCC(O)CNc1ccccc1OC. The number of aliphatic hydroxyl groups excluding tert-OH is 1. The van der Waals surface area contributed by atoms with Gasteiger partial charge in [0.15, 0.2) is 0 Å². The maximum Gasteiger partial charge on any atom is 0.141 e. The molecule has 1 unspecified atom stereocenters. The minimum Gasteiger partial charge on any atom is -0.495 e. The van der Waals surface area contributed by atoms with Crippen molar-refractivity contribution in [1.82, 2.24) is 0 Å². The van der Waals surface area contributed by atoms with Gasteiger partial charge in [0.05, 0.1) is 25.5 Å². The fraction of sp³-hybridized carbons (Fsp3) is 0.625. The lowest BCUT2D eigenvalue weighted by molar-refractivity contribution is 0.0416. The minimum atomic E-state index is -0.508. The molecule has 0 saturated carbocycles. The van der Waals surface area contributed by atoms with Gasteiger partial charge in [-0.2, -0.15) is 0 Å². The second-order valence-corrected chi connectivity index (χ2v) is 4.87. The third kappa shape index (κ3) is 6.78. The van der Waals surface area contributed by atoms with Gasteiger partial charge >= 0.3 is 0 Å². The van der Waals surface area contributed by atoms with Gasteiger partial charge in [0.1, 0.15) is 5.75 Å². The maximum absolute atomic E-state index is 9.85. The lowest BCUT2D eigenvalue weighted by Gasteiger charge is -2.15. The summed E-state index contributed by atoms with van der Waals surface area (Å²) in [6.45, 7) is 3.74. The van der Waals surface area contributed by atoms with Crippen molar-refractivity contribution >= 4 is 5.69 Å². The average molecular weight is 281 g/mol. The van der Waals surface area contributed by atoms with Crippen molar-refractivity contribution in [1.29, 1.82) is 0 Å². The van der Waals surface area contributed by atoms with Crippen LogP contribution in [0.3, 0.4) is 0 Å². The molecule has 0 amide bonds. The quantitative estimate of drug-likeness (QED) is 0.612. The van der Waals surface area contributed by atoms with E-state index in [0.29, 0.717) is 13.2 Å². The van der Waals surface area contributed by atoms with E-state index in [1.165, 1.54) is 19.3 Å². The largest absolute Gasteiger partial charge is 0.495 e. The summed E-state index contributed by atoms with van der Waals surface area (Å²) >= 11 is 0. The lowest BCUT2D eigenvalue weighted by atomic mass is 10.2. The smallest absolute Gasteiger partial charge is 0.141 e. The molecule has 0 aliphatic heterocycles. The lowest BCUT2D eigenvalue weighted by Crippen LogP contribution is -2.25. The van der Waals surface area contributed by atoms with Crippen LogP contribution in [0.2, 0.25) is 0 Å². The average Bonchev–Trinajstić information content (AvgIpc) is 2.49. The minimum absolute atomic E-state index is 0.369. The molecule has 0 saturated heterocycles. The van der Waals surface area contributed by atoms with Gasteiger partial charge in [-0.25, -0.2) is 0 Å². The van der Waals surface area contributed by atoms with Crippen molar-refractivity contribution in [3.63, 3.8) is 0 Å². The number of ether oxygens (including phenoxy) is 2. The van der Waals surface area contributed by atoms with Crippen LogP contribution >= 0.6 is 0 Å². The number of methoxy groups -OCH3 is 1. The number of rotatable bonds is 11. The van der Waals surface area contributed by atoms with Gasteiger partial charge in [0.25, 0.3) is 0 Å². The highest BCUT2D eigenvalue weighted by atomic mass is 16.5. The van der Waals surface area contributed by atoms with E-state index in [9.17, 15) is 5.11 Å². The molecule has 0 bridgehead atoms. The molecule has 0 fully saturated rings. The standard InChI is InChI=1S/C16H27NO3/c1-3-4-5-8-11-20-13-14(18)12-17-15-9-6-7-10-16(15)19-2/h6-7,9-10,14,17-18H,3-5,8,11-13H2,1-2H3. The van der Waals surface area contributed by atoms with E-state index in [4.69, 9.17) is 9.47 Å². The van der Waals surface area contributed by atoms with Gasteiger partial charge in [0, 0.05) is 13.2 Å². The highest BCUT2D eigenvalue weighted by Gasteiger charge is 2.06. The summed E-state index contributed by atoms with van der Waals surface area (Å²) in [6.07, 6.45) is 4.24. The van der Waals surface area contributed by atoms with Crippen LogP contribution in [0, 0.1) is 0 Å². The van der Waals surface area contributed by atoms with Crippen molar-refractivity contribution in [3.8, 4) is 5.75 Å². The first-order valence-corrected chi connectivity index (χ1v) is 7.40. The third-order valence-electron chi connectivity index (χ3n) is 3.09. The molecule has 1 rings (SSSR count). The zero-order valence-corrected chi connectivity index (χ0v) is 12.6. The Balaban J connectivity index is 2.14. The van der Waals surface area contributed by atoms with E-state index in [-0.39, 0.29) is 0 Å². The van der Waals surface area contributed by atoms with Crippen LogP contribution in [0.5, 0.6) is 5.75 Å². The Labute approximate surface area is 122 Å². The zero-order chi connectivity index (χ0) is 14.6.